The van der Waals surface area contributed by atoms with Crippen molar-refractivity contribution in [3.63, 3.8) is 0 Å². The molecule has 0 amide bonds. The van der Waals surface area contributed by atoms with Crippen LogP contribution in [0.5, 0.6) is 5.75 Å². The molecule has 106 valence electrons. The van der Waals surface area contributed by atoms with Crippen LogP contribution >= 0.6 is 0 Å². The summed E-state index contributed by atoms with van der Waals surface area (Å²) in [4.78, 5) is 11.0. The molecule has 0 radical (unpaired) electrons. The standard InChI is InChI=1S/C15H18N2O3/c1-10-4-5-13(8-11(10)2)20-7-6-17-14(15(18)19)9-12(3)16-17/h4-5,8-9H,6-7H2,1-3H3,(H,18,19). The molecular weight excluding hydrogens is 256 g/mol. The van der Waals surface area contributed by atoms with Crippen LogP contribution in [0.25, 0.3) is 0 Å². The second-order valence-electron chi connectivity index (χ2n) is 4.79. The fourth-order valence-corrected chi connectivity index (χ4v) is 1.94. The van der Waals surface area contributed by atoms with E-state index in [-0.39, 0.29) is 5.69 Å². The molecule has 0 unspecified atom stereocenters. The molecule has 0 bridgehead atoms. The molecule has 5 nitrogen and oxygen atoms in total. The minimum Gasteiger partial charge on any atom is -0.492 e. The first-order valence-electron chi connectivity index (χ1n) is 6.45. The fourth-order valence-electron chi connectivity index (χ4n) is 1.94. The van der Waals surface area contributed by atoms with E-state index < -0.39 is 5.97 Å². The van der Waals surface area contributed by atoms with Crippen molar-refractivity contribution in [2.45, 2.75) is 27.3 Å². The number of hydrogen-bond donors (Lipinski definition) is 1. The normalized spacial score (nSPS) is 10.6. The van der Waals surface area contributed by atoms with Gasteiger partial charge in [-0.3, -0.25) is 4.68 Å². The van der Waals surface area contributed by atoms with Crippen LogP contribution in [0, 0.1) is 20.8 Å². The van der Waals surface area contributed by atoms with E-state index in [1.165, 1.54) is 15.8 Å². The molecular formula is C15H18N2O3. The van der Waals surface area contributed by atoms with E-state index in [2.05, 4.69) is 5.10 Å². The van der Waals surface area contributed by atoms with Gasteiger partial charge >= 0.3 is 5.97 Å². The molecule has 20 heavy (non-hydrogen) atoms. The van der Waals surface area contributed by atoms with Crippen molar-refractivity contribution in [1.29, 1.82) is 0 Å². The lowest BCUT2D eigenvalue weighted by Crippen LogP contribution is -2.15. The van der Waals surface area contributed by atoms with E-state index in [0.717, 1.165) is 5.75 Å². The zero-order valence-electron chi connectivity index (χ0n) is 11.9. The highest BCUT2D eigenvalue weighted by Gasteiger charge is 2.12. The van der Waals surface area contributed by atoms with E-state index >= 15 is 0 Å². The molecule has 2 rings (SSSR count). The zero-order valence-corrected chi connectivity index (χ0v) is 11.9. The van der Waals surface area contributed by atoms with Gasteiger partial charge in [0.1, 0.15) is 18.1 Å². The first-order chi connectivity index (χ1) is 9.47. The third-order valence-corrected chi connectivity index (χ3v) is 3.17. The van der Waals surface area contributed by atoms with Crippen LogP contribution in [0.2, 0.25) is 0 Å². The summed E-state index contributed by atoms with van der Waals surface area (Å²) in [5, 5.41) is 13.2. The van der Waals surface area contributed by atoms with Crippen LogP contribution in [0.1, 0.15) is 27.3 Å². The highest BCUT2D eigenvalue weighted by Crippen LogP contribution is 2.16. The summed E-state index contributed by atoms with van der Waals surface area (Å²) in [6.45, 7) is 6.63. The Morgan fingerprint density at radius 2 is 2.00 bits per heavy atom. The van der Waals surface area contributed by atoms with Gasteiger partial charge in [0.15, 0.2) is 0 Å². The minimum atomic E-state index is -0.975. The Labute approximate surface area is 117 Å². The number of rotatable bonds is 5. The molecule has 1 aromatic carbocycles. The van der Waals surface area contributed by atoms with Gasteiger partial charge in [-0.15, -0.1) is 0 Å². The lowest BCUT2D eigenvalue weighted by atomic mass is 10.1. The van der Waals surface area contributed by atoms with E-state index in [0.29, 0.717) is 18.8 Å². The minimum absolute atomic E-state index is 0.186. The molecule has 0 spiro atoms. The number of aromatic nitrogens is 2. The number of benzene rings is 1. The van der Waals surface area contributed by atoms with Gasteiger partial charge in [-0.1, -0.05) is 6.07 Å². The quantitative estimate of drug-likeness (QED) is 0.910. The van der Waals surface area contributed by atoms with Crippen LogP contribution in [0.3, 0.4) is 0 Å². The number of carboxylic acids is 1. The summed E-state index contributed by atoms with van der Waals surface area (Å²) in [5.41, 5.74) is 3.26. The van der Waals surface area contributed by atoms with Crippen LogP contribution in [-0.4, -0.2) is 27.5 Å². The van der Waals surface area contributed by atoms with Crippen LogP contribution < -0.4 is 4.74 Å². The number of ether oxygens (including phenoxy) is 1. The maximum atomic E-state index is 11.0. The van der Waals surface area contributed by atoms with Crippen molar-refractivity contribution in [1.82, 2.24) is 9.78 Å². The molecule has 0 fully saturated rings. The van der Waals surface area contributed by atoms with Crippen molar-refractivity contribution in [2.75, 3.05) is 6.61 Å². The van der Waals surface area contributed by atoms with Crippen molar-refractivity contribution >= 4 is 5.97 Å². The van der Waals surface area contributed by atoms with Gasteiger partial charge in [0.05, 0.1) is 12.2 Å². The average molecular weight is 274 g/mol. The molecule has 0 aliphatic rings. The topological polar surface area (TPSA) is 64.3 Å². The smallest absolute Gasteiger partial charge is 0.354 e. The number of carbonyl (C=O) groups is 1. The van der Waals surface area contributed by atoms with Crippen molar-refractivity contribution in [3.8, 4) is 5.75 Å². The highest BCUT2D eigenvalue weighted by atomic mass is 16.5. The Morgan fingerprint density at radius 1 is 1.25 bits per heavy atom. The van der Waals surface area contributed by atoms with E-state index in [1.54, 1.807) is 13.0 Å². The molecule has 0 atom stereocenters. The molecule has 2 aromatic rings. The molecule has 1 N–H and O–H groups in total. The maximum Gasteiger partial charge on any atom is 0.354 e. The predicted octanol–water partition coefficient (Wildman–Crippen LogP) is 2.59. The van der Waals surface area contributed by atoms with E-state index in [4.69, 9.17) is 9.84 Å². The molecule has 0 aliphatic carbocycles. The molecule has 1 aromatic heterocycles. The molecule has 1 heterocycles. The monoisotopic (exact) mass is 274 g/mol. The number of nitrogens with zero attached hydrogens (tertiary/aromatic N) is 2. The molecule has 0 saturated carbocycles. The van der Waals surface area contributed by atoms with Gasteiger partial charge < -0.3 is 9.84 Å². The van der Waals surface area contributed by atoms with Gasteiger partial charge in [0.2, 0.25) is 0 Å². The fraction of sp³-hybridized carbons (Fsp3) is 0.333. The first-order valence-corrected chi connectivity index (χ1v) is 6.45. The first kappa shape index (κ1) is 14.1. The number of aromatic carboxylic acids is 1. The summed E-state index contributed by atoms with van der Waals surface area (Å²) in [5.74, 6) is -0.189. The Hall–Kier alpha value is -2.30. The highest BCUT2D eigenvalue weighted by molar-refractivity contribution is 5.85. The lowest BCUT2D eigenvalue weighted by Gasteiger charge is -2.09. The summed E-state index contributed by atoms with van der Waals surface area (Å²) in [6, 6.07) is 7.44. The Bertz CT molecular complexity index is 632. The molecule has 0 aliphatic heterocycles. The van der Waals surface area contributed by atoms with Gasteiger partial charge in [0, 0.05) is 0 Å². The van der Waals surface area contributed by atoms with Crippen LogP contribution in [0.4, 0.5) is 0 Å². The second-order valence-corrected chi connectivity index (χ2v) is 4.79. The van der Waals surface area contributed by atoms with Gasteiger partial charge in [-0.05, 0) is 50.1 Å². The third-order valence-electron chi connectivity index (χ3n) is 3.17. The predicted molar refractivity (Wildman–Crippen MR) is 75.3 cm³/mol. The SMILES string of the molecule is Cc1cc(C(=O)O)n(CCOc2ccc(C)c(C)c2)n1. The maximum absolute atomic E-state index is 11.0. The summed E-state index contributed by atoms with van der Waals surface area (Å²) in [7, 11) is 0. The van der Waals surface area contributed by atoms with Gasteiger partial charge in [-0.25, -0.2) is 4.79 Å². The van der Waals surface area contributed by atoms with Crippen molar-refractivity contribution < 1.29 is 14.6 Å². The Kier molecular flexibility index (Phi) is 4.08. The van der Waals surface area contributed by atoms with Crippen molar-refractivity contribution in [2.24, 2.45) is 0 Å². The molecule has 0 saturated heterocycles. The molecule has 5 heteroatoms. The van der Waals surface area contributed by atoms with Gasteiger partial charge in [-0.2, -0.15) is 5.10 Å². The number of carboxylic acid groups (broad SMARTS) is 1. The largest absolute Gasteiger partial charge is 0.492 e. The Morgan fingerprint density at radius 3 is 2.65 bits per heavy atom. The van der Waals surface area contributed by atoms with E-state index in [1.807, 2.05) is 32.0 Å². The Balaban J connectivity index is 1.99. The number of aryl methyl sites for hydroxylation is 3. The summed E-state index contributed by atoms with van der Waals surface area (Å²) >= 11 is 0. The summed E-state index contributed by atoms with van der Waals surface area (Å²) in [6.07, 6.45) is 0. The second kappa shape index (κ2) is 5.77. The summed E-state index contributed by atoms with van der Waals surface area (Å²) < 4.78 is 7.09. The average Bonchev–Trinajstić information content (AvgIpc) is 2.75. The van der Waals surface area contributed by atoms with Crippen LogP contribution in [0.15, 0.2) is 24.3 Å². The van der Waals surface area contributed by atoms with Crippen LogP contribution in [-0.2, 0) is 6.54 Å². The van der Waals surface area contributed by atoms with E-state index in [9.17, 15) is 4.79 Å². The van der Waals surface area contributed by atoms with Crippen molar-refractivity contribution in [3.05, 3.63) is 46.8 Å². The lowest BCUT2D eigenvalue weighted by molar-refractivity contribution is 0.0682. The van der Waals surface area contributed by atoms with Gasteiger partial charge in [0.25, 0.3) is 0 Å². The third kappa shape index (κ3) is 3.17. The number of hydrogen-bond acceptors (Lipinski definition) is 3. The zero-order chi connectivity index (χ0) is 14.7.